The van der Waals surface area contributed by atoms with Gasteiger partial charge in [-0.05, 0) is 31.5 Å². The van der Waals surface area contributed by atoms with Gasteiger partial charge >= 0.3 is 0 Å². The molecule has 0 saturated carbocycles. The number of nitrogens with zero attached hydrogens (tertiary/aromatic N) is 6. The fourth-order valence-electron chi connectivity index (χ4n) is 2.72. The first kappa shape index (κ1) is 14.5. The Morgan fingerprint density at radius 3 is 2.82 bits per heavy atom. The van der Waals surface area contributed by atoms with Crippen LogP contribution in [0.1, 0.15) is 19.4 Å². The zero-order valence-electron chi connectivity index (χ0n) is 12.7. The molecular formula is C15H20N6O. The second-order valence-corrected chi connectivity index (χ2v) is 5.41. The monoisotopic (exact) mass is 300 g/mol. The second-order valence-electron chi connectivity index (χ2n) is 5.41. The van der Waals surface area contributed by atoms with Crippen LogP contribution in [0, 0.1) is 0 Å². The van der Waals surface area contributed by atoms with Gasteiger partial charge in [0.15, 0.2) is 5.82 Å². The molecule has 0 bridgehead atoms. The summed E-state index contributed by atoms with van der Waals surface area (Å²) in [5.41, 5.74) is 0. The van der Waals surface area contributed by atoms with Crippen molar-refractivity contribution in [2.24, 2.45) is 0 Å². The van der Waals surface area contributed by atoms with Crippen molar-refractivity contribution in [2.45, 2.75) is 19.4 Å². The molecule has 7 heteroatoms. The predicted molar refractivity (Wildman–Crippen MR) is 82.4 cm³/mol. The van der Waals surface area contributed by atoms with Gasteiger partial charge in [-0.3, -0.25) is 9.48 Å². The minimum absolute atomic E-state index is 0.115. The molecule has 1 saturated heterocycles. The molecule has 3 rings (SSSR count). The fraction of sp³-hybridized carbons (Fsp3) is 0.467. The summed E-state index contributed by atoms with van der Waals surface area (Å²) in [5, 5.41) is 12.2. The van der Waals surface area contributed by atoms with E-state index in [1.54, 1.807) is 17.1 Å². The highest BCUT2D eigenvalue weighted by Gasteiger charge is 2.24. The predicted octanol–water partition coefficient (Wildman–Crippen LogP) is 0.973. The first-order valence-electron chi connectivity index (χ1n) is 7.56. The van der Waals surface area contributed by atoms with Crippen molar-refractivity contribution in [3.8, 4) is 0 Å². The highest BCUT2D eigenvalue weighted by atomic mass is 16.2. The van der Waals surface area contributed by atoms with Crippen LogP contribution in [-0.4, -0.2) is 57.0 Å². The third kappa shape index (κ3) is 3.08. The maximum atomic E-state index is 12.6. The zero-order valence-corrected chi connectivity index (χ0v) is 12.7. The molecule has 1 atom stereocenters. The average molecular weight is 300 g/mol. The van der Waals surface area contributed by atoms with Gasteiger partial charge in [-0.1, -0.05) is 0 Å². The Bertz CT molecular complexity index is 600. The first-order valence-corrected chi connectivity index (χ1v) is 7.56. The van der Waals surface area contributed by atoms with Crippen LogP contribution in [0.15, 0.2) is 36.8 Å². The summed E-state index contributed by atoms with van der Waals surface area (Å²) >= 11 is 0. The minimum Gasteiger partial charge on any atom is -0.353 e. The summed E-state index contributed by atoms with van der Waals surface area (Å²) in [6.07, 6.45) is 6.12. The van der Waals surface area contributed by atoms with Gasteiger partial charge in [0, 0.05) is 44.8 Å². The molecular weight excluding hydrogens is 280 g/mol. The Morgan fingerprint density at radius 2 is 2.09 bits per heavy atom. The average Bonchev–Trinajstić information content (AvgIpc) is 2.99. The number of carbonyl (C=O) groups is 1. The number of anilines is 1. The van der Waals surface area contributed by atoms with Crippen molar-refractivity contribution in [1.82, 2.24) is 24.9 Å². The van der Waals surface area contributed by atoms with Crippen LogP contribution in [0.3, 0.4) is 0 Å². The third-order valence-electron chi connectivity index (χ3n) is 3.97. The summed E-state index contributed by atoms with van der Waals surface area (Å²) in [4.78, 5) is 16.7. The number of amides is 1. The molecule has 1 aliphatic rings. The fourth-order valence-corrected chi connectivity index (χ4v) is 2.72. The van der Waals surface area contributed by atoms with Gasteiger partial charge in [-0.2, -0.15) is 10.2 Å². The molecule has 1 amide bonds. The quantitative estimate of drug-likeness (QED) is 0.845. The first-order chi connectivity index (χ1) is 10.8. The lowest BCUT2D eigenvalue weighted by molar-refractivity contribution is -0.134. The van der Waals surface area contributed by atoms with Gasteiger partial charge in [0.2, 0.25) is 5.91 Å². The summed E-state index contributed by atoms with van der Waals surface area (Å²) < 4.78 is 1.70. The molecule has 0 aromatic carbocycles. The maximum absolute atomic E-state index is 12.6. The highest BCUT2D eigenvalue weighted by molar-refractivity contribution is 5.80. The smallest absolute Gasteiger partial charge is 0.247 e. The topological polar surface area (TPSA) is 67.2 Å². The van der Waals surface area contributed by atoms with Gasteiger partial charge in [-0.25, -0.2) is 0 Å². The Morgan fingerprint density at radius 1 is 1.18 bits per heavy atom. The van der Waals surface area contributed by atoms with Crippen molar-refractivity contribution in [1.29, 1.82) is 0 Å². The molecule has 0 aliphatic carbocycles. The van der Waals surface area contributed by atoms with Gasteiger partial charge in [0.05, 0.1) is 0 Å². The number of carbonyl (C=O) groups excluding carboxylic acids is 1. The van der Waals surface area contributed by atoms with Crippen molar-refractivity contribution in [3.63, 3.8) is 0 Å². The molecule has 2 aromatic heterocycles. The van der Waals surface area contributed by atoms with E-state index < -0.39 is 0 Å². The van der Waals surface area contributed by atoms with E-state index in [2.05, 4.69) is 20.2 Å². The molecule has 3 heterocycles. The van der Waals surface area contributed by atoms with Crippen molar-refractivity contribution in [2.75, 3.05) is 31.1 Å². The van der Waals surface area contributed by atoms with Crippen LogP contribution < -0.4 is 4.90 Å². The molecule has 1 unspecified atom stereocenters. The largest absolute Gasteiger partial charge is 0.353 e. The van der Waals surface area contributed by atoms with Crippen LogP contribution in [0.2, 0.25) is 0 Å². The Balaban J connectivity index is 1.64. The maximum Gasteiger partial charge on any atom is 0.247 e. The number of hydrogen-bond donors (Lipinski definition) is 0. The number of hydrogen-bond acceptors (Lipinski definition) is 5. The van der Waals surface area contributed by atoms with Crippen LogP contribution in [0.25, 0.3) is 0 Å². The van der Waals surface area contributed by atoms with Crippen molar-refractivity contribution < 1.29 is 4.79 Å². The van der Waals surface area contributed by atoms with E-state index in [9.17, 15) is 4.79 Å². The molecule has 7 nitrogen and oxygen atoms in total. The van der Waals surface area contributed by atoms with Crippen LogP contribution in [0.4, 0.5) is 5.82 Å². The lowest BCUT2D eigenvalue weighted by atomic mass is 10.2. The van der Waals surface area contributed by atoms with Crippen LogP contribution >= 0.6 is 0 Å². The Hall–Kier alpha value is -2.44. The molecule has 1 aliphatic heterocycles. The van der Waals surface area contributed by atoms with Crippen LogP contribution in [-0.2, 0) is 4.79 Å². The molecule has 22 heavy (non-hydrogen) atoms. The van der Waals surface area contributed by atoms with E-state index in [0.717, 1.165) is 31.9 Å². The molecule has 116 valence electrons. The van der Waals surface area contributed by atoms with E-state index >= 15 is 0 Å². The van der Waals surface area contributed by atoms with Gasteiger partial charge in [-0.15, -0.1) is 5.10 Å². The SMILES string of the molecule is CC(C(=O)N1CCCN(c2cccnn2)CC1)n1cccn1. The number of aromatic nitrogens is 4. The summed E-state index contributed by atoms with van der Waals surface area (Å²) in [6, 6.07) is 5.41. The Labute approximate surface area is 129 Å². The summed E-state index contributed by atoms with van der Waals surface area (Å²) in [5.74, 6) is 0.988. The van der Waals surface area contributed by atoms with E-state index in [1.165, 1.54) is 0 Å². The van der Waals surface area contributed by atoms with E-state index in [1.807, 2.05) is 36.2 Å². The normalized spacial score (nSPS) is 17.1. The lowest BCUT2D eigenvalue weighted by Gasteiger charge is -2.25. The molecule has 0 radical (unpaired) electrons. The standard InChI is InChI=1S/C15H20N6O/c1-13(21-10-3-7-17-21)15(22)20-9-4-8-19(11-12-20)14-5-2-6-16-18-14/h2-3,5-7,10,13H,4,8-9,11-12H2,1H3. The van der Waals surface area contributed by atoms with Gasteiger partial charge in [0.25, 0.3) is 0 Å². The highest BCUT2D eigenvalue weighted by Crippen LogP contribution is 2.15. The zero-order chi connectivity index (χ0) is 15.4. The molecule has 2 aromatic rings. The minimum atomic E-state index is -0.266. The van der Waals surface area contributed by atoms with Crippen LogP contribution in [0.5, 0.6) is 0 Å². The number of rotatable bonds is 3. The molecule has 1 fully saturated rings. The summed E-state index contributed by atoms with van der Waals surface area (Å²) in [7, 11) is 0. The van der Waals surface area contributed by atoms with Gasteiger partial charge in [0.1, 0.15) is 6.04 Å². The Kier molecular flexibility index (Phi) is 4.32. The second kappa shape index (κ2) is 6.55. The molecule has 0 N–H and O–H groups in total. The van der Waals surface area contributed by atoms with E-state index in [4.69, 9.17) is 0 Å². The molecule has 0 spiro atoms. The summed E-state index contributed by atoms with van der Waals surface area (Å²) in [6.45, 7) is 5.01. The van der Waals surface area contributed by atoms with Crippen molar-refractivity contribution in [3.05, 3.63) is 36.8 Å². The van der Waals surface area contributed by atoms with Gasteiger partial charge < -0.3 is 9.80 Å². The van der Waals surface area contributed by atoms with E-state index in [-0.39, 0.29) is 11.9 Å². The van der Waals surface area contributed by atoms with Crippen molar-refractivity contribution >= 4 is 11.7 Å². The third-order valence-corrected chi connectivity index (χ3v) is 3.97. The lowest BCUT2D eigenvalue weighted by Crippen LogP contribution is -2.39. The van der Waals surface area contributed by atoms with E-state index in [0.29, 0.717) is 6.54 Å².